The van der Waals surface area contributed by atoms with E-state index in [4.69, 9.17) is 28.4 Å². The summed E-state index contributed by atoms with van der Waals surface area (Å²) < 4.78 is 33.5. The van der Waals surface area contributed by atoms with Crippen LogP contribution in [0.15, 0.2) is 18.2 Å². The molecule has 0 saturated carbocycles. The van der Waals surface area contributed by atoms with Crippen LogP contribution in [0.25, 0.3) is 0 Å². The molecule has 3 heterocycles. The van der Waals surface area contributed by atoms with Crippen molar-refractivity contribution in [1.29, 1.82) is 0 Å². The Morgan fingerprint density at radius 1 is 0.756 bits per heavy atom. The van der Waals surface area contributed by atoms with Gasteiger partial charge in [-0.3, -0.25) is 0 Å². The van der Waals surface area contributed by atoms with Gasteiger partial charge in [0.1, 0.15) is 61.0 Å². The zero-order valence-corrected chi connectivity index (χ0v) is 22.1. The number of hydrogen-bond donors (Lipinski definition) is 10. The summed E-state index contributed by atoms with van der Waals surface area (Å²) in [4.78, 5) is 0. The van der Waals surface area contributed by atoms with Crippen molar-refractivity contribution in [2.24, 2.45) is 0 Å². The molecule has 0 radical (unpaired) electrons. The van der Waals surface area contributed by atoms with Gasteiger partial charge in [0, 0.05) is 0 Å². The standard InChI is InChI=1S/C25H38O16/c1-9-15(30)18(33)22(41-23-19(34)16(31)13(29)8-37-23)25(38-9)40-21-17(32)14(7-26)39-24(20(21)35)36-5-4-10-2-3-11(27)12(28)6-10/h2-3,6,9,13-35H,4-5,7-8H2,1H3. The summed E-state index contributed by atoms with van der Waals surface area (Å²) in [6.07, 6.45) is -21.0. The molecule has 0 bridgehead atoms. The second kappa shape index (κ2) is 13.7. The molecular formula is C25H38O16. The Labute approximate surface area is 234 Å². The normalized spacial score (nSPS) is 43.6. The number of ether oxygens (including phenoxy) is 6. The van der Waals surface area contributed by atoms with Crippen LogP contribution in [-0.4, -0.2) is 157 Å². The molecule has 10 N–H and O–H groups in total. The molecule has 3 saturated heterocycles. The highest BCUT2D eigenvalue weighted by molar-refractivity contribution is 5.40. The van der Waals surface area contributed by atoms with Crippen LogP contribution in [0, 0.1) is 0 Å². The lowest BCUT2D eigenvalue weighted by Gasteiger charge is -2.47. The van der Waals surface area contributed by atoms with Gasteiger partial charge in [-0.1, -0.05) is 6.07 Å². The van der Waals surface area contributed by atoms with Crippen molar-refractivity contribution in [3.8, 4) is 11.5 Å². The first kappa shape index (κ1) is 32.2. The van der Waals surface area contributed by atoms with Crippen LogP contribution in [0.4, 0.5) is 0 Å². The number of rotatable bonds is 9. The summed E-state index contributed by atoms with van der Waals surface area (Å²) in [5, 5.41) is 102. The van der Waals surface area contributed by atoms with E-state index in [1.807, 2.05) is 0 Å². The second-order valence-electron chi connectivity index (χ2n) is 10.3. The minimum Gasteiger partial charge on any atom is -0.504 e. The maximum absolute atomic E-state index is 11.0. The van der Waals surface area contributed by atoms with Gasteiger partial charge in [0.2, 0.25) is 0 Å². The third-order valence-corrected chi connectivity index (χ3v) is 7.36. The molecule has 41 heavy (non-hydrogen) atoms. The maximum Gasteiger partial charge on any atom is 0.187 e. The van der Waals surface area contributed by atoms with Crippen LogP contribution >= 0.6 is 0 Å². The minimum atomic E-state index is -1.74. The number of phenols is 2. The summed E-state index contributed by atoms with van der Waals surface area (Å²) in [6.45, 7) is 0.277. The Kier molecular flexibility index (Phi) is 10.8. The molecule has 3 aliphatic heterocycles. The average Bonchev–Trinajstić information content (AvgIpc) is 2.94. The first-order chi connectivity index (χ1) is 19.4. The van der Waals surface area contributed by atoms with E-state index in [9.17, 15) is 51.1 Å². The van der Waals surface area contributed by atoms with Gasteiger partial charge >= 0.3 is 0 Å². The second-order valence-corrected chi connectivity index (χ2v) is 10.3. The third kappa shape index (κ3) is 7.09. The number of aliphatic hydroxyl groups is 8. The molecule has 3 fully saturated rings. The third-order valence-electron chi connectivity index (χ3n) is 7.36. The Morgan fingerprint density at radius 2 is 1.46 bits per heavy atom. The van der Waals surface area contributed by atoms with Crippen LogP contribution < -0.4 is 0 Å². The molecule has 16 heteroatoms. The summed E-state index contributed by atoms with van der Waals surface area (Å²) in [7, 11) is 0. The molecule has 4 rings (SSSR count). The summed E-state index contributed by atoms with van der Waals surface area (Å²) in [5.74, 6) is -0.617. The molecular weight excluding hydrogens is 556 g/mol. The molecule has 0 aliphatic carbocycles. The highest BCUT2D eigenvalue weighted by Gasteiger charge is 2.52. The van der Waals surface area contributed by atoms with E-state index in [2.05, 4.69) is 0 Å². The van der Waals surface area contributed by atoms with Crippen LogP contribution in [0.2, 0.25) is 0 Å². The van der Waals surface area contributed by atoms with Crippen molar-refractivity contribution in [1.82, 2.24) is 0 Å². The first-order valence-corrected chi connectivity index (χ1v) is 13.2. The lowest BCUT2D eigenvalue weighted by atomic mass is 9.97. The van der Waals surface area contributed by atoms with Gasteiger partial charge in [-0.25, -0.2) is 0 Å². The highest BCUT2D eigenvalue weighted by atomic mass is 16.8. The Balaban J connectivity index is 1.47. The molecule has 0 aromatic heterocycles. The fraction of sp³-hybridized carbons (Fsp3) is 0.760. The van der Waals surface area contributed by atoms with Crippen molar-refractivity contribution >= 4 is 0 Å². The van der Waals surface area contributed by atoms with Gasteiger partial charge < -0.3 is 79.5 Å². The van der Waals surface area contributed by atoms with Gasteiger partial charge in [0.25, 0.3) is 0 Å². The van der Waals surface area contributed by atoms with Gasteiger partial charge in [-0.15, -0.1) is 0 Å². The molecule has 16 nitrogen and oxygen atoms in total. The topological polar surface area (TPSA) is 258 Å². The lowest BCUT2D eigenvalue weighted by Crippen LogP contribution is -2.65. The zero-order valence-electron chi connectivity index (χ0n) is 22.1. The van der Waals surface area contributed by atoms with Crippen molar-refractivity contribution < 1.29 is 79.5 Å². The van der Waals surface area contributed by atoms with E-state index >= 15 is 0 Å². The monoisotopic (exact) mass is 594 g/mol. The smallest absolute Gasteiger partial charge is 0.187 e. The minimum absolute atomic E-state index is 0.0500. The quantitative estimate of drug-likeness (QED) is 0.121. The van der Waals surface area contributed by atoms with Gasteiger partial charge in [0.15, 0.2) is 30.4 Å². The van der Waals surface area contributed by atoms with Crippen molar-refractivity contribution in [2.75, 3.05) is 19.8 Å². The van der Waals surface area contributed by atoms with Crippen LogP contribution in [-0.2, 0) is 34.8 Å². The van der Waals surface area contributed by atoms with Crippen molar-refractivity contribution in [3.05, 3.63) is 23.8 Å². The summed E-state index contributed by atoms with van der Waals surface area (Å²) >= 11 is 0. The maximum atomic E-state index is 11.0. The Morgan fingerprint density at radius 3 is 2.15 bits per heavy atom. The van der Waals surface area contributed by atoms with Crippen molar-refractivity contribution in [2.45, 2.75) is 99.4 Å². The van der Waals surface area contributed by atoms with Crippen molar-refractivity contribution in [3.63, 3.8) is 0 Å². The predicted molar refractivity (Wildman–Crippen MR) is 131 cm³/mol. The number of aromatic hydroxyl groups is 2. The molecule has 3 aliphatic rings. The summed E-state index contributed by atoms with van der Waals surface area (Å²) in [5.41, 5.74) is 0.596. The van der Waals surface area contributed by atoms with E-state index < -0.39 is 99.2 Å². The van der Waals surface area contributed by atoms with Crippen LogP contribution in [0.1, 0.15) is 12.5 Å². The predicted octanol–water partition coefficient (Wildman–Crippen LogP) is -4.23. The lowest BCUT2D eigenvalue weighted by molar-refractivity contribution is -0.381. The van der Waals surface area contributed by atoms with Crippen LogP contribution in [0.3, 0.4) is 0 Å². The number of phenolic OH excluding ortho intramolecular Hbond substituents is 2. The fourth-order valence-electron chi connectivity index (χ4n) is 4.83. The number of aliphatic hydroxyl groups excluding tert-OH is 8. The largest absolute Gasteiger partial charge is 0.504 e. The zero-order chi connectivity index (χ0) is 30.0. The van der Waals surface area contributed by atoms with Gasteiger partial charge in [-0.2, -0.15) is 0 Å². The molecule has 1 aromatic rings. The van der Waals surface area contributed by atoms with Gasteiger partial charge in [0.05, 0.1) is 25.9 Å². The summed E-state index contributed by atoms with van der Waals surface area (Å²) in [6, 6.07) is 4.18. The van der Waals surface area contributed by atoms with E-state index in [0.717, 1.165) is 0 Å². The first-order valence-electron chi connectivity index (χ1n) is 13.2. The average molecular weight is 595 g/mol. The van der Waals surface area contributed by atoms with E-state index in [0.29, 0.717) is 5.56 Å². The van der Waals surface area contributed by atoms with E-state index in [-0.39, 0.29) is 24.5 Å². The fourth-order valence-corrected chi connectivity index (χ4v) is 4.83. The number of benzene rings is 1. The molecule has 234 valence electrons. The van der Waals surface area contributed by atoms with Crippen LogP contribution in [0.5, 0.6) is 11.5 Å². The Bertz CT molecular complexity index is 983. The van der Waals surface area contributed by atoms with E-state index in [1.165, 1.54) is 19.1 Å². The SMILES string of the molecule is CC1OC(OC2C(O)C(CO)OC(OCCc3ccc(O)c(O)c3)C2O)C(OC2OCC(O)C(O)C2O)C(O)C1O. The molecule has 14 unspecified atom stereocenters. The Hall–Kier alpha value is -1.74. The highest BCUT2D eigenvalue weighted by Crippen LogP contribution is 2.32. The molecule has 0 spiro atoms. The van der Waals surface area contributed by atoms with Gasteiger partial charge in [-0.05, 0) is 31.0 Å². The number of hydrogen-bond acceptors (Lipinski definition) is 16. The molecule has 14 atom stereocenters. The molecule has 0 amide bonds. The van der Waals surface area contributed by atoms with E-state index in [1.54, 1.807) is 6.07 Å². The molecule has 1 aromatic carbocycles.